The highest BCUT2D eigenvalue weighted by Gasteiger charge is 2.66. The summed E-state index contributed by atoms with van der Waals surface area (Å²) in [5.41, 5.74) is 1.01. The molecule has 3 saturated heterocycles. The van der Waals surface area contributed by atoms with E-state index >= 15 is 0 Å². The van der Waals surface area contributed by atoms with Crippen molar-refractivity contribution >= 4 is 21.9 Å². The van der Waals surface area contributed by atoms with E-state index in [4.69, 9.17) is 5.26 Å². The van der Waals surface area contributed by atoms with E-state index in [-0.39, 0.29) is 42.4 Å². The van der Waals surface area contributed by atoms with Crippen LogP contribution in [0, 0.1) is 29.1 Å². The predicted molar refractivity (Wildman–Crippen MR) is 162 cm³/mol. The number of benzene rings is 1. The van der Waals surface area contributed by atoms with Crippen molar-refractivity contribution in [2.45, 2.75) is 44.2 Å². The monoisotopic (exact) mass is 629 g/mol. The van der Waals surface area contributed by atoms with Gasteiger partial charge in [0.15, 0.2) is 5.78 Å². The first-order chi connectivity index (χ1) is 21.7. The third-order valence-electron chi connectivity index (χ3n) is 9.71. The van der Waals surface area contributed by atoms with Gasteiger partial charge in [-0.15, -0.1) is 0 Å². The molecule has 3 N–H and O–H groups in total. The number of amides is 1. The van der Waals surface area contributed by atoms with E-state index < -0.39 is 15.7 Å². The number of ketones is 1. The van der Waals surface area contributed by atoms with Gasteiger partial charge in [-0.3, -0.25) is 14.5 Å². The number of fused-ring (bicyclic) bond motifs is 1. The molecule has 234 valence electrons. The molecule has 0 spiro atoms. The highest BCUT2D eigenvalue weighted by atomic mass is 32.2. The Kier molecular flexibility index (Phi) is 7.34. The van der Waals surface area contributed by atoms with Crippen molar-refractivity contribution in [1.82, 2.24) is 38.8 Å². The molecule has 3 atom stereocenters. The number of aromatic nitrogens is 4. The van der Waals surface area contributed by atoms with Gasteiger partial charge in [0.2, 0.25) is 0 Å². The fourth-order valence-electron chi connectivity index (χ4n) is 7.12. The molecule has 1 aliphatic carbocycles. The molecule has 1 amide bonds. The maximum atomic E-state index is 14.6. The second-order valence-electron chi connectivity index (χ2n) is 12.7. The molecular formula is C31H35N9O4S. The first kappa shape index (κ1) is 29.4. The van der Waals surface area contributed by atoms with Gasteiger partial charge in [0, 0.05) is 80.9 Å². The van der Waals surface area contributed by atoms with Crippen LogP contribution in [0.25, 0.3) is 0 Å². The third kappa shape index (κ3) is 5.34. The minimum Gasteiger partial charge on any atom is -0.356 e. The van der Waals surface area contributed by atoms with Crippen LogP contribution >= 0.6 is 0 Å². The number of hydrogen-bond acceptors (Lipinski definition) is 8. The van der Waals surface area contributed by atoms with Crippen LogP contribution in [0.2, 0.25) is 0 Å². The maximum Gasteiger partial charge on any atom is 0.281 e. The van der Waals surface area contributed by atoms with E-state index in [1.165, 1.54) is 6.08 Å². The van der Waals surface area contributed by atoms with Gasteiger partial charge in [-0.25, -0.2) is 9.97 Å². The SMILES string of the molecule is CC1CCN(S(=O)(=O)N2C[C@@H]3[C@H](C2)[C@H]3N2C(=O)C(Cc3c[nH]cn3)(Cc3c[nH]cn3)NC2=CC(=O)c2ccc(C#N)cc2)CC1. The number of nitrogens with zero attached hydrogens (tertiary/aromatic N) is 6. The summed E-state index contributed by atoms with van der Waals surface area (Å²) in [4.78, 5) is 44.5. The van der Waals surface area contributed by atoms with E-state index in [0.717, 1.165) is 12.8 Å². The lowest BCUT2D eigenvalue weighted by molar-refractivity contribution is -0.132. The van der Waals surface area contributed by atoms with E-state index in [9.17, 15) is 18.0 Å². The number of carbonyl (C=O) groups excluding carboxylic acids is 2. The Balaban J connectivity index is 1.19. The molecular weight excluding hydrogens is 594 g/mol. The first-order valence-corrected chi connectivity index (χ1v) is 16.7. The molecule has 7 rings (SSSR count). The molecule has 1 aromatic carbocycles. The summed E-state index contributed by atoms with van der Waals surface area (Å²) in [6, 6.07) is 8.16. The topological polar surface area (TPSA) is 171 Å². The van der Waals surface area contributed by atoms with E-state index in [1.54, 1.807) is 62.8 Å². The number of rotatable bonds is 9. The molecule has 0 unspecified atom stereocenters. The fourth-order valence-corrected chi connectivity index (χ4v) is 8.84. The minimum atomic E-state index is -3.58. The highest BCUT2D eigenvalue weighted by Crippen LogP contribution is 2.53. The molecule has 0 radical (unpaired) electrons. The Morgan fingerprint density at radius 1 is 1.02 bits per heavy atom. The average molecular weight is 630 g/mol. The molecule has 0 bridgehead atoms. The lowest BCUT2D eigenvalue weighted by atomic mass is 9.88. The molecule has 1 saturated carbocycles. The Hall–Kier alpha value is -4.32. The van der Waals surface area contributed by atoms with Gasteiger partial charge >= 0.3 is 0 Å². The largest absolute Gasteiger partial charge is 0.356 e. The Bertz CT molecular complexity index is 1710. The zero-order valence-electron chi connectivity index (χ0n) is 24.9. The normalized spacial score (nSPS) is 26.1. The zero-order chi connectivity index (χ0) is 31.3. The van der Waals surface area contributed by atoms with Crippen molar-refractivity contribution in [2.24, 2.45) is 17.8 Å². The van der Waals surface area contributed by atoms with Gasteiger partial charge in [-0.2, -0.15) is 22.3 Å². The summed E-state index contributed by atoms with van der Waals surface area (Å²) in [6.07, 6.45) is 10.2. The van der Waals surface area contributed by atoms with Crippen LogP contribution in [-0.4, -0.2) is 91.3 Å². The average Bonchev–Trinajstić information content (AvgIpc) is 3.64. The second-order valence-corrected chi connectivity index (χ2v) is 14.6. The number of hydrogen-bond donors (Lipinski definition) is 3. The number of imidazole rings is 2. The number of aromatic amines is 2. The number of nitrogens with one attached hydrogen (secondary N) is 3. The van der Waals surface area contributed by atoms with Gasteiger partial charge < -0.3 is 15.3 Å². The molecule has 14 heteroatoms. The molecule has 13 nitrogen and oxygen atoms in total. The maximum absolute atomic E-state index is 14.6. The smallest absolute Gasteiger partial charge is 0.281 e. The molecule has 3 aromatic rings. The van der Waals surface area contributed by atoms with Gasteiger partial charge in [-0.05, 0) is 43.0 Å². The summed E-state index contributed by atoms with van der Waals surface area (Å²) in [5.74, 6) is 0.278. The second kappa shape index (κ2) is 11.2. The van der Waals surface area contributed by atoms with Crippen LogP contribution in [-0.2, 0) is 27.8 Å². The predicted octanol–water partition coefficient (Wildman–Crippen LogP) is 1.59. The van der Waals surface area contributed by atoms with Crippen molar-refractivity contribution in [3.63, 3.8) is 0 Å². The van der Waals surface area contributed by atoms with Crippen LogP contribution in [0.5, 0.6) is 0 Å². The van der Waals surface area contributed by atoms with Gasteiger partial charge in [0.25, 0.3) is 16.1 Å². The number of piperidine rings is 2. The van der Waals surface area contributed by atoms with Crippen LogP contribution in [0.15, 0.2) is 61.2 Å². The van der Waals surface area contributed by atoms with Crippen molar-refractivity contribution in [3.05, 3.63) is 83.7 Å². The fraction of sp³-hybridized carbons (Fsp3) is 0.452. The van der Waals surface area contributed by atoms with E-state index in [1.807, 2.05) is 0 Å². The van der Waals surface area contributed by atoms with Gasteiger partial charge in [0.05, 0.1) is 35.7 Å². The molecule has 45 heavy (non-hydrogen) atoms. The Labute approximate surface area is 261 Å². The van der Waals surface area contributed by atoms with Crippen molar-refractivity contribution in [2.75, 3.05) is 26.2 Å². The summed E-state index contributed by atoms with van der Waals surface area (Å²) >= 11 is 0. The number of allylic oxidation sites excluding steroid dienone is 1. The zero-order valence-corrected chi connectivity index (χ0v) is 25.7. The number of carbonyl (C=O) groups is 2. The summed E-state index contributed by atoms with van der Waals surface area (Å²) in [5, 5.41) is 12.6. The lowest BCUT2D eigenvalue weighted by Gasteiger charge is -2.33. The first-order valence-electron chi connectivity index (χ1n) is 15.3. The minimum absolute atomic E-state index is 0.0470. The lowest BCUT2D eigenvalue weighted by Crippen LogP contribution is -2.51. The highest BCUT2D eigenvalue weighted by molar-refractivity contribution is 7.86. The van der Waals surface area contributed by atoms with E-state index in [0.29, 0.717) is 60.4 Å². The van der Waals surface area contributed by atoms with Crippen molar-refractivity contribution < 1.29 is 18.0 Å². The Morgan fingerprint density at radius 2 is 1.62 bits per heavy atom. The summed E-state index contributed by atoms with van der Waals surface area (Å²) in [6.45, 7) is 3.86. The summed E-state index contributed by atoms with van der Waals surface area (Å²) < 4.78 is 30.1. The van der Waals surface area contributed by atoms with E-state index in [2.05, 4.69) is 38.2 Å². The number of nitriles is 1. The van der Waals surface area contributed by atoms with Crippen molar-refractivity contribution in [1.29, 1.82) is 5.26 Å². The summed E-state index contributed by atoms with van der Waals surface area (Å²) in [7, 11) is -3.58. The van der Waals surface area contributed by atoms with Crippen LogP contribution in [0.1, 0.15) is 47.1 Å². The molecule has 4 fully saturated rings. The molecule has 5 heterocycles. The molecule has 3 aliphatic heterocycles. The quantitative estimate of drug-likeness (QED) is 0.237. The molecule has 2 aromatic heterocycles. The van der Waals surface area contributed by atoms with Gasteiger partial charge in [-0.1, -0.05) is 6.92 Å². The van der Waals surface area contributed by atoms with Crippen molar-refractivity contribution in [3.8, 4) is 6.07 Å². The van der Waals surface area contributed by atoms with Crippen LogP contribution in [0.3, 0.4) is 0 Å². The van der Waals surface area contributed by atoms with Gasteiger partial charge in [0.1, 0.15) is 11.4 Å². The Morgan fingerprint density at radius 3 is 2.16 bits per heavy atom. The van der Waals surface area contributed by atoms with Crippen LogP contribution in [0.4, 0.5) is 0 Å². The molecule has 4 aliphatic rings. The van der Waals surface area contributed by atoms with Crippen LogP contribution < -0.4 is 5.32 Å². The standard InChI is InChI=1S/C31H35N9O4S/c1-20-6-8-38(9-7-20)45(43,44)39-16-25-26(17-39)29(25)40-28(10-27(41)22-4-2-21(13-32)3-5-22)37-31(30(40)42,11-23-14-33-18-35-23)12-24-15-34-19-36-24/h2-5,10,14-15,18-20,25-26,29,37H,6-9,11-12,16-17H2,1H3,(H,33,35)(H,34,36)/t25-,26+,29+. The number of H-pyrrole nitrogens is 2. The third-order valence-corrected chi connectivity index (χ3v) is 11.7.